The van der Waals surface area contributed by atoms with Crippen LogP contribution in [0.2, 0.25) is 0 Å². The molecule has 1 aliphatic carbocycles. The van der Waals surface area contributed by atoms with Crippen LogP contribution in [0.15, 0.2) is 24.3 Å². The number of rotatable bonds is 0. The van der Waals surface area contributed by atoms with Crippen LogP contribution in [0.4, 0.5) is 0 Å². The van der Waals surface area contributed by atoms with Crippen molar-refractivity contribution in [1.29, 1.82) is 0 Å². The minimum Gasteiger partial charge on any atom is -0.287 e. The van der Waals surface area contributed by atoms with Crippen LogP contribution in [0.5, 0.6) is 0 Å². The third-order valence-corrected chi connectivity index (χ3v) is 3.27. The summed E-state index contributed by atoms with van der Waals surface area (Å²) in [6, 6.07) is 7.38. The molecule has 0 fully saturated rings. The average molecular weight is 240 g/mol. The van der Waals surface area contributed by atoms with E-state index >= 15 is 0 Å². The Balaban J connectivity index is 2.16. The summed E-state index contributed by atoms with van der Waals surface area (Å²) in [5, 5.41) is 0. The van der Waals surface area contributed by atoms with Gasteiger partial charge in [0.1, 0.15) is 11.4 Å². The standard InChI is InChI=1S/C11H4N4OS/c16-9-6-4-2-1-3-5(6)7-8(9)13-11-10(12-7)14-17-15-11/h1-4H. The van der Waals surface area contributed by atoms with Gasteiger partial charge in [-0.15, -0.1) is 0 Å². The van der Waals surface area contributed by atoms with Crippen LogP contribution in [0.3, 0.4) is 0 Å². The summed E-state index contributed by atoms with van der Waals surface area (Å²) in [5.41, 5.74) is 3.42. The largest absolute Gasteiger partial charge is 0.287 e. The van der Waals surface area contributed by atoms with Crippen molar-refractivity contribution in [1.82, 2.24) is 18.7 Å². The van der Waals surface area contributed by atoms with Gasteiger partial charge in [-0.1, -0.05) is 24.3 Å². The van der Waals surface area contributed by atoms with E-state index in [4.69, 9.17) is 0 Å². The van der Waals surface area contributed by atoms with Crippen LogP contribution < -0.4 is 0 Å². The predicted octanol–water partition coefficient (Wildman–Crippen LogP) is 1.69. The first-order valence-electron chi connectivity index (χ1n) is 4.99. The molecule has 2 aromatic heterocycles. The van der Waals surface area contributed by atoms with Crippen molar-refractivity contribution in [2.45, 2.75) is 0 Å². The zero-order valence-corrected chi connectivity index (χ0v) is 9.23. The lowest BCUT2D eigenvalue weighted by atomic mass is 10.1. The van der Waals surface area contributed by atoms with Gasteiger partial charge in [0.2, 0.25) is 17.1 Å². The monoisotopic (exact) mass is 240 g/mol. The van der Waals surface area contributed by atoms with Gasteiger partial charge in [-0.05, 0) is 0 Å². The fourth-order valence-corrected chi connectivity index (χ4v) is 2.44. The molecule has 4 rings (SSSR count). The van der Waals surface area contributed by atoms with Gasteiger partial charge < -0.3 is 0 Å². The molecule has 80 valence electrons. The molecule has 0 atom stereocenters. The fourth-order valence-electron chi connectivity index (χ4n) is 2.00. The molecule has 0 amide bonds. The van der Waals surface area contributed by atoms with E-state index in [1.165, 1.54) is 0 Å². The number of hydrogen-bond donors (Lipinski definition) is 0. The van der Waals surface area contributed by atoms with Crippen LogP contribution in [-0.2, 0) is 0 Å². The number of nitrogens with zero attached hydrogens (tertiary/aromatic N) is 4. The highest BCUT2D eigenvalue weighted by Gasteiger charge is 2.30. The summed E-state index contributed by atoms with van der Waals surface area (Å²) in [4.78, 5) is 20.7. The number of aromatic nitrogens is 4. The van der Waals surface area contributed by atoms with Crippen LogP contribution in [0.25, 0.3) is 22.6 Å². The first kappa shape index (κ1) is 8.89. The Kier molecular flexibility index (Phi) is 1.53. The molecule has 0 spiro atoms. The van der Waals surface area contributed by atoms with Crippen molar-refractivity contribution in [3.8, 4) is 11.3 Å². The maximum absolute atomic E-state index is 12.1. The Labute approximate surface area is 99.5 Å². The van der Waals surface area contributed by atoms with Gasteiger partial charge in [-0.2, -0.15) is 8.75 Å². The Bertz CT molecular complexity index is 780. The zero-order valence-electron chi connectivity index (χ0n) is 8.41. The van der Waals surface area contributed by atoms with E-state index in [1.54, 1.807) is 6.07 Å². The lowest BCUT2D eigenvalue weighted by molar-refractivity contribution is 0.103. The van der Waals surface area contributed by atoms with Gasteiger partial charge in [0.15, 0.2) is 0 Å². The van der Waals surface area contributed by atoms with Gasteiger partial charge in [-0.3, -0.25) is 4.79 Å². The number of benzene rings is 1. The fraction of sp³-hybridized carbons (Fsp3) is 0. The minimum atomic E-state index is -0.0852. The van der Waals surface area contributed by atoms with Crippen LogP contribution >= 0.6 is 11.7 Å². The van der Waals surface area contributed by atoms with Gasteiger partial charge >= 0.3 is 0 Å². The number of carbonyl (C=O) groups is 1. The van der Waals surface area contributed by atoms with E-state index in [1.807, 2.05) is 18.2 Å². The second-order valence-electron chi connectivity index (χ2n) is 3.71. The Morgan fingerprint density at radius 3 is 2.29 bits per heavy atom. The van der Waals surface area contributed by atoms with Gasteiger partial charge in [0.25, 0.3) is 0 Å². The van der Waals surface area contributed by atoms with Gasteiger partial charge in [-0.25, -0.2) is 9.97 Å². The molecule has 0 unspecified atom stereocenters. The molecule has 0 N–H and O–H groups in total. The molecular weight excluding hydrogens is 236 g/mol. The number of hydrogen-bond acceptors (Lipinski definition) is 6. The van der Waals surface area contributed by atoms with E-state index < -0.39 is 0 Å². The van der Waals surface area contributed by atoms with Gasteiger partial charge in [0.05, 0.1) is 11.7 Å². The topological polar surface area (TPSA) is 68.6 Å². The molecule has 5 nitrogen and oxygen atoms in total. The van der Waals surface area contributed by atoms with Gasteiger partial charge in [0, 0.05) is 11.1 Å². The van der Waals surface area contributed by atoms with Crippen molar-refractivity contribution in [2.75, 3.05) is 0 Å². The minimum absolute atomic E-state index is 0.0852. The summed E-state index contributed by atoms with van der Waals surface area (Å²) < 4.78 is 8.04. The number of ketones is 1. The highest BCUT2D eigenvalue weighted by atomic mass is 32.1. The van der Waals surface area contributed by atoms with Crippen molar-refractivity contribution in [3.63, 3.8) is 0 Å². The quantitative estimate of drug-likeness (QED) is 0.468. The molecular formula is C11H4N4OS. The Morgan fingerprint density at radius 1 is 0.882 bits per heavy atom. The molecule has 3 aromatic rings. The molecule has 0 radical (unpaired) electrons. The maximum Gasteiger partial charge on any atom is 0.214 e. The van der Waals surface area contributed by atoms with Crippen LogP contribution in [0.1, 0.15) is 16.1 Å². The number of carbonyl (C=O) groups excluding carboxylic acids is 1. The smallest absolute Gasteiger partial charge is 0.214 e. The Morgan fingerprint density at radius 2 is 1.53 bits per heavy atom. The molecule has 0 aliphatic heterocycles. The highest BCUT2D eigenvalue weighted by Crippen LogP contribution is 2.34. The van der Waals surface area contributed by atoms with Crippen LogP contribution in [-0.4, -0.2) is 24.5 Å². The molecule has 6 heteroatoms. The predicted molar refractivity (Wildman–Crippen MR) is 61.9 cm³/mol. The summed E-state index contributed by atoms with van der Waals surface area (Å²) in [7, 11) is 0. The van der Waals surface area contributed by atoms with E-state index in [-0.39, 0.29) is 5.78 Å². The zero-order chi connectivity index (χ0) is 11.4. The molecule has 0 saturated heterocycles. The first-order chi connectivity index (χ1) is 8.34. The van der Waals surface area contributed by atoms with Crippen molar-refractivity contribution >= 4 is 28.8 Å². The molecule has 0 saturated carbocycles. The van der Waals surface area contributed by atoms with E-state index in [0.29, 0.717) is 28.2 Å². The molecule has 2 heterocycles. The normalized spacial score (nSPS) is 12.8. The summed E-state index contributed by atoms with van der Waals surface area (Å²) >= 11 is 1.05. The van der Waals surface area contributed by atoms with Crippen molar-refractivity contribution in [2.24, 2.45) is 0 Å². The van der Waals surface area contributed by atoms with E-state index in [2.05, 4.69) is 18.7 Å². The Hall–Kier alpha value is -2.21. The second kappa shape index (κ2) is 2.92. The maximum atomic E-state index is 12.1. The molecule has 1 aliphatic rings. The SMILES string of the molecule is O=C1c2ccccc2-c2nc3nsnc3nc21. The molecule has 1 aromatic carbocycles. The van der Waals surface area contributed by atoms with E-state index in [0.717, 1.165) is 17.3 Å². The molecule has 0 bridgehead atoms. The average Bonchev–Trinajstić information content (AvgIpc) is 2.92. The third-order valence-electron chi connectivity index (χ3n) is 2.76. The molecule has 17 heavy (non-hydrogen) atoms. The number of fused-ring (bicyclic) bond motifs is 4. The summed E-state index contributed by atoms with van der Waals surface area (Å²) in [5.74, 6) is -0.0852. The van der Waals surface area contributed by atoms with E-state index in [9.17, 15) is 4.79 Å². The van der Waals surface area contributed by atoms with Crippen LogP contribution in [0, 0.1) is 0 Å². The lowest BCUT2D eigenvalue weighted by Crippen LogP contribution is -1.99. The second-order valence-corrected chi connectivity index (χ2v) is 4.24. The first-order valence-corrected chi connectivity index (χ1v) is 5.72. The summed E-state index contributed by atoms with van der Waals surface area (Å²) in [6.07, 6.45) is 0. The summed E-state index contributed by atoms with van der Waals surface area (Å²) in [6.45, 7) is 0. The highest BCUT2D eigenvalue weighted by molar-refractivity contribution is 6.99. The van der Waals surface area contributed by atoms with Crippen molar-refractivity contribution < 1.29 is 4.79 Å². The lowest BCUT2D eigenvalue weighted by Gasteiger charge is -1.96. The third kappa shape index (κ3) is 1.05. The van der Waals surface area contributed by atoms with Crippen molar-refractivity contribution in [3.05, 3.63) is 35.5 Å².